The van der Waals surface area contributed by atoms with Crippen molar-refractivity contribution in [2.45, 2.75) is 37.5 Å². The maximum atomic E-state index is 3.77. The molecule has 3 saturated heterocycles. The second-order valence-corrected chi connectivity index (χ2v) is 12.7. The molecule has 0 amide bonds. The van der Waals surface area contributed by atoms with Gasteiger partial charge in [-0.3, -0.25) is 0 Å². The minimum absolute atomic E-state index is 0.194. The number of nitrogens with one attached hydrogen (secondary N) is 6. The molecular formula is C22H47IN6. The number of rotatable bonds is 0. The molecule has 0 aliphatic carbocycles. The lowest BCUT2D eigenvalue weighted by Crippen LogP contribution is -2.52. The maximum Gasteiger partial charge on any atom is 0.0594 e. The minimum atomic E-state index is 0.194. The average Bonchev–Trinajstić information content (AvgIpc) is 2.64. The fraction of sp³-hybridized carbons (Fsp3) is 1.00. The number of fused-ring (bicyclic) bond motifs is 19. The third-order valence-corrected chi connectivity index (χ3v) is 7.40. The number of alkyl halides is 1. The van der Waals surface area contributed by atoms with E-state index in [1.807, 2.05) is 0 Å². The predicted octanol–water partition coefficient (Wildman–Crippen LogP) is 1.03. The molecule has 0 aromatic carbocycles. The van der Waals surface area contributed by atoms with Crippen molar-refractivity contribution in [3.8, 4) is 0 Å². The van der Waals surface area contributed by atoms with Crippen LogP contribution in [-0.2, 0) is 0 Å². The van der Waals surface area contributed by atoms with Gasteiger partial charge in [0.1, 0.15) is 0 Å². The van der Waals surface area contributed by atoms with Crippen LogP contribution in [0.1, 0.15) is 34.1 Å². The summed E-state index contributed by atoms with van der Waals surface area (Å²) in [5.41, 5.74) is 0.226. The van der Waals surface area contributed by atoms with Crippen molar-refractivity contribution in [1.82, 2.24) is 31.9 Å². The lowest BCUT2D eigenvalue weighted by molar-refractivity contribution is 0.260. The first-order chi connectivity index (χ1) is 13.8. The first-order valence-electron chi connectivity index (χ1n) is 11.7. The lowest BCUT2D eigenvalue weighted by Gasteiger charge is -2.33. The zero-order valence-electron chi connectivity index (χ0n) is 19.3. The van der Waals surface area contributed by atoms with Gasteiger partial charge in [-0.1, -0.05) is 50.3 Å². The molecule has 0 aromatic rings. The van der Waals surface area contributed by atoms with Crippen LogP contribution in [0.5, 0.6) is 0 Å². The first-order valence-corrected chi connectivity index (χ1v) is 12.8. The second kappa shape index (κ2) is 13.1. The van der Waals surface area contributed by atoms with Gasteiger partial charge in [-0.25, -0.2) is 0 Å². The van der Waals surface area contributed by atoms with Gasteiger partial charge in [-0.2, -0.15) is 0 Å². The molecule has 3 fully saturated rings. The summed E-state index contributed by atoms with van der Waals surface area (Å²) in [6.45, 7) is 22.2. The van der Waals surface area contributed by atoms with Crippen molar-refractivity contribution in [2.24, 2.45) is 23.2 Å². The summed E-state index contributed by atoms with van der Waals surface area (Å²) in [5.74, 6) is 1.95. The Hall–Kier alpha value is 0.490. The molecule has 6 N–H and O–H groups in total. The summed E-state index contributed by atoms with van der Waals surface area (Å²) in [7, 11) is 0. The van der Waals surface area contributed by atoms with Gasteiger partial charge >= 0.3 is 0 Å². The number of hydrogen-bond acceptors (Lipinski definition) is 6. The Balaban J connectivity index is 2.13. The van der Waals surface area contributed by atoms with Crippen LogP contribution in [0, 0.1) is 23.2 Å². The predicted molar refractivity (Wildman–Crippen MR) is 134 cm³/mol. The van der Waals surface area contributed by atoms with Crippen LogP contribution >= 0.6 is 22.6 Å². The minimum Gasteiger partial charge on any atom is -0.316 e. The lowest BCUT2D eigenvalue weighted by atomic mass is 9.89. The van der Waals surface area contributed by atoms with Crippen LogP contribution in [0.3, 0.4) is 0 Å². The summed E-state index contributed by atoms with van der Waals surface area (Å²) in [4.78, 5) is 0. The molecule has 0 saturated carbocycles. The van der Waals surface area contributed by atoms with Crippen molar-refractivity contribution < 1.29 is 0 Å². The summed E-state index contributed by atoms with van der Waals surface area (Å²) in [5, 5.41) is 22.6. The molecular weight excluding hydrogens is 475 g/mol. The van der Waals surface area contributed by atoms with E-state index in [-0.39, 0.29) is 8.84 Å². The van der Waals surface area contributed by atoms with E-state index in [1.165, 1.54) is 6.42 Å². The van der Waals surface area contributed by atoms with Gasteiger partial charge in [0.15, 0.2) is 0 Å². The fourth-order valence-corrected chi connectivity index (χ4v) is 5.04. The van der Waals surface area contributed by atoms with Gasteiger partial charge < -0.3 is 31.9 Å². The average molecular weight is 523 g/mol. The fourth-order valence-electron chi connectivity index (χ4n) is 4.23. The van der Waals surface area contributed by atoms with Gasteiger partial charge in [0.25, 0.3) is 0 Å². The monoisotopic (exact) mass is 522 g/mol. The Bertz CT molecular complexity index is 427. The van der Waals surface area contributed by atoms with Gasteiger partial charge in [-0.15, -0.1) is 0 Å². The number of halogens is 1. The SMILES string of the molecule is CC1CNCC2(C)CNCC[C@H](C)CNCC(I)(CNC1)CNCC(C)CNC2. The zero-order valence-corrected chi connectivity index (χ0v) is 21.5. The third-order valence-electron chi connectivity index (χ3n) is 6.26. The number of hydrogen-bond donors (Lipinski definition) is 6. The quantitative estimate of drug-likeness (QED) is 0.211. The molecule has 3 aliphatic rings. The highest BCUT2D eigenvalue weighted by Gasteiger charge is 2.28. The summed E-state index contributed by atoms with van der Waals surface area (Å²) in [6, 6.07) is 0. The molecule has 6 nitrogen and oxygen atoms in total. The maximum absolute atomic E-state index is 3.77. The van der Waals surface area contributed by atoms with Crippen LogP contribution in [0.15, 0.2) is 0 Å². The summed E-state index contributed by atoms with van der Waals surface area (Å²) in [6.07, 6.45) is 1.22. The molecule has 0 aromatic heterocycles. The molecule has 172 valence electrons. The van der Waals surface area contributed by atoms with Gasteiger partial charge in [0.05, 0.1) is 3.42 Å². The van der Waals surface area contributed by atoms with E-state index in [0.29, 0.717) is 17.8 Å². The van der Waals surface area contributed by atoms with E-state index in [0.717, 1.165) is 78.5 Å². The molecule has 3 atom stereocenters. The van der Waals surface area contributed by atoms with Gasteiger partial charge in [0.2, 0.25) is 0 Å². The summed E-state index contributed by atoms with van der Waals surface area (Å²) >= 11 is 2.68. The Kier molecular flexibility index (Phi) is 11.7. The third kappa shape index (κ3) is 10.6. The van der Waals surface area contributed by atoms with Crippen molar-refractivity contribution >= 4 is 22.6 Å². The highest BCUT2D eigenvalue weighted by molar-refractivity contribution is 14.1. The normalized spacial score (nSPS) is 40.7. The molecule has 7 heteroatoms. The Morgan fingerprint density at radius 3 is 1.45 bits per heavy atom. The van der Waals surface area contributed by atoms with E-state index in [2.05, 4.69) is 82.2 Å². The topological polar surface area (TPSA) is 72.2 Å². The van der Waals surface area contributed by atoms with E-state index in [1.54, 1.807) is 0 Å². The molecule has 3 aliphatic heterocycles. The highest BCUT2D eigenvalue weighted by atomic mass is 127. The standard InChI is InChI=1S/C22H47IN6/c1-18-5-6-24-12-21(4)13-25-8-19(2)10-28-16-22(23,15-27-7-18)17-29-11-20(3)9-26-14-21/h18-20,24-29H,5-17H2,1-4H3/t18-,19?,20?,21?,22?/m0/s1. The van der Waals surface area contributed by atoms with Gasteiger partial charge in [0, 0.05) is 44.7 Å². The van der Waals surface area contributed by atoms with Crippen LogP contribution in [-0.4, -0.2) is 82.0 Å². The summed E-state index contributed by atoms with van der Waals surface area (Å²) < 4.78 is 0.194. The smallest absolute Gasteiger partial charge is 0.0594 e. The molecule has 0 radical (unpaired) electrons. The van der Waals surface area contributed by atoms with E-state index in [9.17, 15) is 0 Å². The van der Waals surface area contributed by atoms with Gasteiger partial charge in [-0.05, 0) is 63.4 Å². The van der Waals surface area contributed by atoms with Crippen LogP contribution < -0.4 is 31.9 Å². The van der Waals surface area contributed by atoms with Crippen molar-refractivity contribution in [3.63, 3.8) is 0 Å². The second-order valence-electron chi connectivity index (χ2n) is 10.4. The largest absolute Gasteiger partial charge is 0.316 e. The van der Waals surface area contributed by atoms with Crippen LogP contribution in [0.4, 0.5) is 0 Å². The van der Waals surface area contributed by atoms with E-state index in [4.69, 9.17) is 0 Å². The molecule has 3 heterocycles. The van der Waals surface area contributed by atoms with Crippen LogP contribution in [0.2, 0.25) is 0 Å². The van der Waals surface area contributed by atoms with Crippen molar-refractivity contribution in [2.75, 3.05) is 78.5 Å². The molecule has 0 spiro atoms. The molecule has 2 unspecified atom stereocenters. The van der Waals surface area contributed by atoms with Crippen LogP contribution in [0.25, 0.3) is 0 Å². The molecule has 3 rings (SSSR count). The Morgan fingerprint density at radius 1 is 0.586 bits per heavy atom. The first kappa shape index (κ1) is 25.7. The molecule has 29 heavy (non-hydrogen) atoms. The zero-order chi connectivity index (χ0) is 21.2. The highest BCUT2D eigenvalue weighted by Crippen LogP contribution is 2.18. The van der Waals surface area contributed by atoms with E-state index >= 15 is 0 Å². The van der Waals surface area contributed by atoms with E-state index < -0.39 is 0 Å². The Morgan fingerprint density at radius 2 is 0.966 bits per heavy atom. The molecule has 2 bridgehead atoms. The van der Waals surface area contributed by atoms with Crippen molar-refractivity contribution in [3.05, 3.63) is 0 Å². The van der Waals surface area contributed by atoms with Crippen molar-refractivity contribution in [1.29, 1.82) is 0 Å². The Labute approximate surface area is 193 Å².